The van der Waals surface area contributed by atoms with Crippen LogP contribution in [0, 0.1) is 0 Å². The van der Waals surface area contributed by atoms with Gasteiger partial charge in [0.05, 0.1) is 7.11 Å². The Morgan fingerprint density at radius 3 is 2.11 bits per heavy atom. The summed E-state index contributed by atoms with van der Waals surface area (Å²) in [6.07, 6.45) is 8.35. The highest BCUT2D eigenvalue weighted by Crippen LogP contribution is 2.09. The van der Waals surface area contributed by atoms with E-state index in [9.17, 15) is 9.59 Å². The quantitative estimate of drug-likeness (QED) is 0.474. The number of nitrogens with one attached hydrogen (secondary N) is 2. The van der Waals surface area contributed by atoms with Crippen LogP contribution in [0.5, 0.6) is 0 Å². The second kappa shape index (κ2) is 11.8. The molecule has 2 N–H and O–H groups in total. The predicted molar refractivity (Wildman–Crippen MR) is 75.8 cm³/mol. The van der Waals surface area contributed by atoms with Gasteiger partial charge in [0.25, 0.3) is 0 Å². The van der Waals surface area contributed by atoms with E-state index in [1.807, 2.05) is 0 Å². The lowest BCUT2D eigenvalue weighted by Crippen LogP contribution is -2.47. The summed E-state index contributed by atoms with van der Waals surface area (Å²) >= 11 is 0. The summed E-state index contributed by atoms with van der Waals surface area (Å²) in [5, 5.41) is 5.32. The van der Waals surface area contributed by atoms with Gasteiger partial charge in [0.1, 0.15) is 6.17 Å². The highest BCUT2D eigenvalue weighted by Gasteiger charge is 2.12. The topological polar surface area (TPSA) is 67.4 Å². The summed E-state index contributed by atoms with van der Waals surface area (Å²) in [4.78, 5) is 22.2. The fourth-order valence-corrected chi connectivity index (χ4v) is 1.93. The molecule has 0 spiro atoms. The number of unbranched alkanes of at least 4 members (excludes halogenated alkanes) is 6. The van der Waals surface area contributed by atoms with Gasteiger partial charge < -0.3 is 15.4 Å². The lowest BCUT2D eigenvalue weighted by atomic mass is 10.1. The number of rotatable bonds is 10. The molecule has 1 atom stereocenters. The summed E-state index contributed by atoms with van der Waals surface area (Å²) in [6, 6.07) is 0. The van der Waals surface area contributed by atoms with Crippen LogP contribution in [0.25, 0.3) is 0 Å². The zero-order valence-electron chi connectivity index (χ0n) is 12.5. The van der Waals surface area contributed by atoms with Crippen molar-refractivity contribution in [3.05, 3.63) is 0 Å². The number of amides is 2. The van der Waals surface area contributed by atoms with Crippen LogP contribution in [-0.4, -0.2) is 25.3 Å². The van der Waals surface area contributed by atoms with Gasteiger partial charge in [-0.15, -0.1) is 0 Å². The van der Waals surface area contributed by atoms with E-state index in [-0.39, 0.29) is 12.1 Å². The number of hydrogen-bond acceptors (Lipinski definition) is 3. The summed E-state index contributed by atoms with van der Waals surface area (Å²) in [5.41, 5.74) is 0. The van der Waals surface area contributed by atoms with Gasteiger partial charge in [-0.1, -0.05) is 45.4 Å². The van der Waals surface area contributed by atoms with E-state index in [4.69, 9.17) is 0 Å². The molecule has 0 aliphatic carbocycles. The van der Waals surface area contributed by atoms with Crippen molar-refractivity contribution in [3.8, 4) is 0 Å². The summed E-state index contributed by atoms with van der Waals surface area (Å²) in [7, 11) is 1.31. The van der Waals surface area contributed by atoms with E-state index in [1.165, 1.54) is 46.1 Å². The molecule has 0 saturated carbocycles. The molecule has 112 valence electrons. The maximum Gasteiger partial charge on any atom is 0.408 e. The number of methoxy groups -OCH3 is 1. The largest absolute Gasteiger partial charge is 0.453 e. The van der Waals surface area contributed by atoms with Crippen LogP contribution in [0.3, 0.4) is 0 Å². The minimum absolute atomic E-state index is 0.149. The van der Waals surface area contributed by atoms with Crippen molar-refractivity contribution in [2.24, 2.45) is 0 Å². The van der Waals surface area contributed by atoms with E-state index in [0.717, 1.165) is 19.3 Å². The van der Waals surface area contributed by atoms with Crippen molar-refractivity contribution < 1.29 is 14.3 Å². The SMILES string of the molecule is CCCCCCCCCC(NC(C)=O)NC(=O)OC. The molecular weight excluding hydrogens is 244 g/mol. The summed E-state index contributed by atoms with van der Waals surface area (Å²) in [5.74, 6) is -0.149. The smallest absolute Gasteiger partial charge is 0.408 e. The van der Waals surface area contributed by atoms with E-state index in [2.05, 4.69) is 22.3 Å². The Morgan fingerprint density at radius 1 is 1.00 bits per heavy atom. The van der Waals surface area contributed by atoms with Crippen LogP contribution >= 0.6 is 0 Å². The van der Waals surface area contributed by atoms with Crippen molar-refractivity contribution >= 4 is 12.0 Å². The molecule has 5 nitrogen and oxygen atoms in total. The van der Waals surface area contributed by atoms with Gasteiger partial charge in [0.15, 0.2) is 0 Å². The maximum atomic E-state index is 11.1. The van der Waals surface area contributed by atoms with Gasteiger partial charge >= 0.3 is 6.09 Å². The molecule has 0 heterocycles. The molecule has 0 aliphatic rings. The molecule has 0 fully saturated rings. The van der Waals surface area contributed by atoms with Crippen molar-refractivity contribution in [1.29, 1.82) is 0 Å². The lowest BCUT2D eigenvalue weighted by molar-refractivity contribution is -0.119. The third-order valence-corrected chi connectivity index (χ3v) is 2.95. The molecule has 0 rings (SSSR count). The molecule has 0 saturated heterocycles. The zero-order chi connectivity index (χ0) is 14.5. The number of carbonyl (C=O) groups excluding carboxylic acids is 2. The maximum absolute atomic E-state index is 11.1. The van der Waals surface area contributed by atoms with E-state index >= 15 is 0 Å². The molecule has 0 aromatic carbocycles. The standard InChI is InChI=1S/C14H28N2O3/c1-4-5-6-7-8-9-10-11-13(15-12(2)17)16-14(18)19-3/h13H,4-11H2,1-3H3,(H,15,17)(H,16,18). The van der Waals surface area contributed by atoms with Gasteiger partial charge in [-0.3, -0.25) is 4.79 Å². The Bertz CT molecular complexity index is 257. The molecular formula is C14H28N2O3. The molecule has 19 heavy (non-hydrogen) atoms. The third kappa shape index (κ3) is 11.6. The first-order valence-electron chi connectivity index (χ1n) is 7.21. The van der Waals surface area contributed by atoms with Crippen molar-refractivity contribution in [2.75, 3.05) is 7.11 Å². The third-order valence-electron chi connectivity index (χ3n) is 2.95. The van der Waals surface area contributed by atoms with Crippen molar-refractivity contribution in [1.82, 2.24) is 10.6 Å². The Morgan fingerprint density at radius 2 is 1.58 bits per heavy atom. The minimum Gasteiger partial charge on any atom is -0.453 e. The molecule has 0 aliphatic heterocycles. The van der Waals surface area contributed by atoms with Gasteiger partial charge in [-0.25, -0.2) is 4.79 Å². The molecule has 0 aromatic heterocycles. The normalized spacial score (nSPS) is 11.7. The van der Waals surface area contributed by atoms with Crippen molar-refractivity contribution in [3.63, 3.8) is 0 Å². The first kappa shape index (κ1) is 17.7. The average Bonchev–Trinajstić information content (AvgIpc) is 2.36. The van der Waals surface area contributed by atoms with E-state index < -0.39 is 6.09 Å². The lowest BCUT2D eigenvalue weighted by Gasteiger charge is -2.18. The van der Waals surface area contributed by atoms with Crippen LogP contribution in [0.15, 0.2) is 0 Å². The highest BCUT2D eigenvalue weighted by molar-refractivity contribution is 5.74. The van der Waals surface area contributed by atoms with E-state index in [1.54, 1.807) is 0 Å². The fourth-order valence-electron chi connectivity index (χ4n) is 1.93. The van der Waals surface area contributed by atoms with Crippen LogP contribution in [-0.2, 0) is 9.53 Å². The molecule has 1 unspecified atom stereocenters. The Labute approximate surface area is 116 Å². The zero-order valence-corrected chi connectivity index (χ0v) is 12.5. The number of carbonyl (C=O) groups is 2. The minimum atomic E-state index is -0.512. The van der Waals surface area contributed by atoms with Gasteiger partial charge in [-0.05, 0) is 12.8 Å². The Kier molecular flexibility index (Phi) is 11.0. The second-order valence-electron chi connectivity index (χ2n) is 4.80. The number of hydrogen-bond donors (Lipinski definition) is 2. The van der Waals surface area contributed by atoms with Gasteiger partial charge in [0, 0.05) is 6.92 Å². The number of ether oxygens (including phenoxy) is 1. The van der Waals surface area contributed by atoms with Crippen molar-refractivity contribution in [2.45, 2.75) is 71.4 Å². The van der Waals surface area contributed by atoms with Crippen LogP contribution in [0.4, 0.5) is 4.79 Å². The summed E-state index contributed by atoms with van der Waals surface area (Å²) in [6.45, 7) is 3.65. The molecule has 0 bridgehead atoms. The first-order chi connectivity index (χ1) is 9.10. The number of alkyl carbamates (subject to hydrolysis) is 1. The van der Waals surface area contributed by atoms with Gasteiger partial charge in [-0.2, -0.15) is 0 Å². The van der Waals surface area contributed by atoms with Gasteiger partial charge in [0.2, 0.25) is 5.91 Å². The molecule has 0 radical (unpaired) electrons. The van der Waals surface area contributed by atoms with Crippen LogP contribution < -0.4 is 10.6 Å². The Hall–Kier alpha value is -1.26. The Balaban J connectivity index is 3.73. The average molecular weight is 272 g/mol. The van der Waals surface area contributed by atoms with Crippen LogP contribution in [0.1, 0.15) is 65.2 Å². The van der Waals surface area contributed by atoms with E-state index in [0.29, 0.717) is 0 Å². The molecule has 5 heteroatoms. The fraction of sp³-hybridized carbons (Fsp3) is 0.857. The monoisotopic (exact) mass is 272 g/mol. The molecule has 2 amide bonds. The molecule has 0 aromatic rings. The second-order valence-corrected chi connectivity index (χ2v) is 4.80. The predicted octanol–water partition coefficient (Wildman–Crippen LogP) is 2.95. The highest BCUT2D eigenvalue weighted by atomic mass is 16.5. The van der Waals surface area contributed by atoms with Crippen LogP contribution in [0.2, 0.25) is 0 Å². The first-order valence-corrected chi connectivity index (χ1v) is 7.21. The summed E-state index contributed by atoms with van der Waals surface area (Å²) < 4.78 is 4.53.